The van der Waals surface area contributed by atoms with Gasteiger partial charge in [-0.25, -0.2) is 0 Å². The summed E-state index contributed by atoms with van der Waals surface area (Å²) >= 11 is 6.01. The van der Waals surface area contributed by atoms with Crippen molar-refractivity contribution in [1.29, 1.82) is 0 Å². The molecule has 4 nitrogen and oxygen atoms in total. The van der Waals surface area contributed by atoms with Gasteiger partial charge in [0, 0.05) is 32.1 Å². The number of ether oxygens (including phenoxy) is 2. The van der Waals surface area contributed by atoms with Gasteiger partial charge in [-0.15, -0.1) is 11.6 Å². The number of hydrogen-bond donors (Lipinski definition) is 1. The van der Waals surface area contributed by atoms with Crippen LogP contribution in [0.4, 0.5) is 0 Å². The van der Waals surface area contributed by atoms with E-state index in [0.717, 1.165) is 38.7 Å². The molecule has 0 radical (unpaired) electrons. The van der Waals surface area contributed by atoms with Crippen LogP contribution in [-0.2, 0) is 14.3 Å². The maximum atomic E-state index is 12.0. The van der Waals surface area contributed by atoms with Crippen molar-refractivity contribution in [2.24, 2.45) is 0 Å². The highest BCUT2D eigenvalue weighted by Crippen LogP contribution is 2.23. The molecule has 0 aromatic carbocycles. The van der Waals surface area contributed by atoms with E-state index in [-0.39, 0.29) is 17.6 Å². The zero-order valence-electron chi connectivity index (χ0n) is 10.8. The second-order valence-corrected chi connectivity index (χ2v) is 5.52. The number of nitrogens with one attached hydrogen (secondary N) is 1. The molecular weight excluding hydrogens is 254 g/mol. The van der Waals surface area contributed by atoms with E-state index in [4.69, 9.17) is 21.1 Å². The Balaban J connectivity index is 1.74. The van der Waals surface area contributed by atoms with Crippen LogP contribution in [0.25, 0.3) is 0 Å². The van der Waals surface area contributed by atoms with Crippen LogP contribution < -0.4 is 5.32 Å². The van der Waals surface area contributed by atoms with E-state index in [1.807, 2.05) is 0 Å². The molecular formula is C13H22ClNO3. The van der Waals surface area contributed by atoms with E-state index in [9.17, 15) is 4.79 Å². The van der Waals surface area contributed by atoms with Crippen LogP contribution in [0.5, 0.6) is 0 Å². The highest BCUT2D eigenvalue weighted by molar-refractivity contribution is 6.18. The molecule has 2 aliphatic rings. The van der Waals surface area contributed by atoms with Gasteiger partial charge in [0.25, 0.3) is 0 Å². The minimum atomic E-state index is -0.257. The Bertz CT molecular complexity index is 273. The quantitative estimate of drug-likeness (QED) is 0.779. The molecule has 2 fully saturated rings. The summed E-state index contributed by atoms with van der Waals surface area (Å²) in [6.45, 7) is 2.20. The maximum Gasteiger partial charge on any atom is 0.220 e. The lowest BCUT2D eigenvalue weighted by atomic mass is 9.92. The Hall–Kier alpha value is -0.320. The molecule has 0 aliphatic carbocycles. The van der Waals surface area contributed by atoms with Gasteiger partial charge in [-0.1, -0.05) is 0 Å². The third-order valence-corrected chi connectivity index (χ3v) is 4.34. The minimum absolute atomic E-state index is 0.0908. The molecule has 1 atom stereocenters. The second kappa shape index (κ2) is 6.73. The number of carbonyl (C=O) groups is 1. The van der Waals surface area contributed by atoms with Crippen molar-refractivity contribution in [2.45, 2.75) is 50.2 Å². The normalized spacial score (nSPS) is 27.1. The van der Waals surface area contributed by atoms with Crippen LogP contribution in [0.3, 0.4) is 0 Å². The zero-order chi connectivity index (χ0) is 12.8. The van der Waals surface area contributed by atoms with Crippen molar-refractivity contribution in [1.82, 2.24) is 5.32 Å². The molecule has 1 N–H and O–H groups in total. The highest BCUT2D eigenvalue weighted by Gasteiger charge is 2.33. The Morgan fingerprint density at radius 3 is 2.72 bits per heavy atom. The molecule has 0 bridgehead atoms. The maximum absolute atomic E-state index is 12.0. The van der Waals surface area contributed by atoms with Crippen LogP contribution >= 0.6 is 11.6 Å². The summed E-state index contributed by atoms with van der Waals surface area (Å²) in [6.07, 6.45) is 5.45. The molecule has 2 rings (SSSR count). The van der Waals surface area contributed by atoms with Crippen molar-refractivity contribution in [2.75, 3.05) is 25.7 Å². The molecule has 0 aromatic rings. The van der Waals surface area contributed by atoms with Crippen LogP contribution in [0.15, 0.2) is 0 Å². The smallest absolute Gasteiger partial charge is 0.220 e. The number of hydrogen-bond acceptors (Lipinski definition) is 3. The molecule has 2 aliphatic heterocycles. The van der Waals surface area contributed by atoms with E-state index in [1.165, 1.54) is 0 Å². The summed E-state index contributed by atoms with van der Waals surface area (Å²) in [4.78, 5) is 12.0. The van der Waals surface area contributed by atoms with Gasteiger partial charge in [0.15, 0.2) is 0 Å². The Labute approximate surface area is 113 Å². The Kier molecular flexibility index (Phi) is 5.27. The summed E-state index contributed by atoms with van der Waals surface area (Å²) in [7, 11) is 0. The summed E-state index contributed by atoms with van der Waals surface area (Å²) in [5.41, 5.74) is -0.257. The van der Waals surface area contributed by atoms with Crippen molar-refractivity contribution in [3.63, 3.8) is 0 Å². The van der Waals surface area contributed by atoms with Gasteiger partial charge in [-0.3, -0.25) is 4.79 Å². The minimum Gasteiger partial charge on any atom is -0.381 e. The molecule has 0 saturated carbocycles. The first-order valence-corrected chi connectivity index (χ1v) is 7.34. The van der Waals surface area contributed by atoms with Crippen LogP contribution in [0, 0.1) is 0 Å². The van der Waals surface area contributed by atoms with Crippen LogP contribution in [0.1, 0.15) is 38.5 Å². The van der Waals surface area contributed by atoms with E-state index in [2.05, 4.69) is 5.32 Å². The zero-order valence-corrected chi connectivity index (χ0v) is 11.5. The Morgan fingerprint density at radius 2 is 2.11 bits per heavy atom. The largest absolute Gasteiger partial charge is 0.381 e. The lowest BCUT2D eigenvalue weighted by Crippen LogP contribution is -2.53. The van der Waals surface area contributed by atoms with E-state index >= 15 is 0 Å². The van der Waals surface area contributed by atoms with Gasteiger partial charge in [0.05, 0.1) is 11.6 Å². The van der Waals surface area contributed by atoms with Gasteiger partial charge in [0.1, 0.15) is 0 Å². The number of halogens is 1. The van der Waals surface area contributed by atoms with Crippen molar-refractivity contribution in [3.8, 4) is 0 Å². The summed E-state index contributed by atoms with van der Waals surface area (Å²) in [5, 5.41) is 3.10. The summed E-state index contributed by atoms with van der Waals surface area (Å²) < 4.78 is 10.8. The predicted octanol–water partition coefficient (Wildman–Crippen LogP) is 1.85. The van der Waals surface area contributed by atoms with Crippen LogP contribution in [0.2, 0.25) is 0 Å². The topological polar surface area (TPSA) is 47.6 Å². The van der Waals surface area contributed by atoms with Gasteiger partial charge in [-0.2, -0.15) is 0 Å². The number of carbonyl (C=O) groups excluding carboxylic acids is 1. The fraction of sp³-hybridized carbons (Fsp3) is 0.923. The first-order chi connectivity index (χ1) is 8.74. The molecule has 1 unspecified atom stereocenters. The van der Waals surface area contributed by atoms with E-state index in [1.54, 1.807) is 0 Å². The Morgan fingerprint density at radius 1 is 1.33 bits per heavy atom. The average molecular weight is 276 g/mol. The van der Waals surface area contributed by atoms with E-state index in [0.29, 0.717) is 25.5 Å². The number of alkyl halides is 1. The standard InChI is InChI=1S/C13H22ClNO3/c14-10-13(5-8-17-9-6-13)15-12(16)4-3-11-2-1-7-18-11/h11H,1-10H2,(H,15,16). The number of rotatable bonds is 5. The van der Waals surface area contributed by atoms with Gasteiger partial charge in [-0.05, 0) is 32.1 Å². The molecule has 18 heavy (non-hydrogen) atoms. The molecule has 0 spiro atoms. The molecule has 2 saturated heterocycles. The number of amides is 1. The SMILES string of the molecule is O=C(CCC1CCCO1)NC1(CCl)CCOCC1. The first kappa shape index (κ1) is 14.1. The lowest BCUT2D eigenvalue weighted by Gasteiger charge is -2.36. The van der Waals surface area contributed by atoms with Crippen molar-refractivity contribution in [3.05, 3.63) is 0 Å². The fourth-order valence-corrected chi connectivity index (χ4v) is 2.91. The van der Waals surface area contributed by atoms with Gasteiger partial charge < -0.3 is 14.8 Å². The fourth-order valence-electron chi connectivity index (χ4n) is 2.58. The van der Waals surface area contributed by atoms with Gasteiger partial charge in [0.2, 0.25) is 5.91 Å². The molecule has 0 aromatic heterocycles. The molecule has 1 amide bonds. The average Bonchev–Trinajstić information content (AvgIpc) is 2.91. The third kappa shape index (κ3) is 3.84. The third-order valence-electron chi connectivity index (χ3n) is 3.83. The second-order valence-electron chi connectivity index (χ2n) is 5.25. The molecule has 2 heterocycles. The summed E-state index contributed by atoms with van der Waals surface area (Å²) in [5.74, 6) is 0.551. The van der Waals surface area contributed by atoms with E-state index < -0.39 is 0 Å². The lowest BCUT2D eigenvalue weighted by molar-refractivity contribution is -0.124. The highest BCUT2D eigenvalue weighted by atomic mass is 35.5. The van der Waals surface area contributed by atoms with Crippen LogP contribution in [-0.4, -0.2) is 43.3 Å². The first-order valence-electron chi connectivity index (χ1n) is 6.80. The van der Waals surface area contributed by atoms with Crippen molar-refractivity contribution < 1.29 is 14.3 Å². The van der Waals surface area contributed by atoms with Gasteiger partial charge >= 0.3 is 0 Å². The molecule has 104 valence electrons. The summed E-state index contributed by atoms with van der Waals surface area (Å²) in [6, 6.07) is 0. The molecule has 5 heteroatoms. The monoisotopic (exact) mass is 275 g/mol. The predicted molar refractivity (Wildman–Crippen MR) is 69.9 cm³/mol. The van der Waals surface area contributed by atoms with Crippen molar-refractivity contribution >= 4 is 17.5 Å².